The number of hydrogen-bond donors (Lipinski definition) is 2. The Balaban J connectivity index is 2.35. The normalized spacial score (nSPS) is 11.2. The molecule has 94 valence electrons. The van der Waals surface area contributed by atoms with Crippen LogP contribution in [0.2, 0.25) is 0 Å². The maximum absolute atomic E-state index is 11.8. The molecule has 17 heavy (non-hydrogen) atoms. The molecule has 1 aromatic rings. The summed E-state index contributed by atoms with van der Waals surface area (Å²) < 4.78 is 35.4. The number of benzene rings is 1. The minimum atomic E-state index is -4.20. The molecule has 7 heteroatoms. The first-order chi connectivity index (χ1) is 7.88. The molecule has 0 spiro atoms. The van der Waals surface area contributed by atoms with Crippen molar-refractivity contribution in [2.24, 2.45) is 5.73 Å². The zero-order chi connectivity index (χ0) is 12.9. The molecular formula is C10H11F3N2OS. The molecule has 0 aliphatic heterocycles. The van der Waals surface area contributed by atoms with Crippen LogP contribution in [0.5, 0.6) is 0 Å². The Labute approximate surface area is 101 Å². The molecule has 0 aromatic heterocycles. The van der Waals surface area contributed by atoms with Crippen molar-refractivity contribution < 1.29 is 18.0 Å². The van der Waals surface area contributed by atoms with Crippen LogP contribution >= 0.6 is 11.8 Å². The third-order valence-electron chi connectivity index (χ3n) is 1.87. The van der Waals surface area contributed by atoms with Gasteiger partial charge in [0.15, 0.2) is 0 Å². The molecule has 3 N–H and O–H groups in total. The lowest BCUT2D eigenvalue weighted by Gasteiger charge is -2.08. The summed E-state index contributed by atoms with van der Waals surface area (Å²) in [4.78, 5) is 10.8. The Kier molecular flexibility index (Phi) is 4.68. The van der Waals surface area contributed by atoms with Gasteiger partial charge in [0.25, 0.3) is 0 Å². The van der Waals surface area contributed by atoms with Crippen LogP contribution in [0.3, 0.4) is 0 Å². The van der Waals surface area contributed by atoms with Crippen LogP contribution in [-0.4, -0.2) is 23.7 Å². The number of nitrogens with one attached hydrogen (secondary N) is 1. The SMILES string of the molecule is NC(=O)c1ccc(NCCSC(F)(F)F)cc1. The van der Waals surface area contributed by atoms with Crippen LogP contribution in [0, 0.1) is 0 Å². The molecule has 0 aliphatic carbocycles. The number of anilines is 1. The van der Waals surface area contributed by atoms with E-state index in [1.54, 1.807) is 12.1 Å². The van der Waals surface area contributed by atoms with Crippen LogP contribution < -0.4 is 11.1 Å². The number of carbonyl (C=O) groups is 1. The van der Waals surface area contributed by atoms with E-state index in [4.69, 9.17) is 5.73 Å². The number of thioether (sulfide) groups is 1. The molecule has 0 atom stereocenters. The Morgan fingerprint density at radius 2 is 1.88 bits per heavy atom. The summed E-state index contributed by atoms with van der Waals surface area (Å²) in [7, 11) is 0. The van der Waals surface area contributed by atoms with E-state index in [9.17, 15) is 18.0 Å². The molecule has 0 radical (unpaired) electrons. The van der Waals surface area contributed by atoms with Gasteiger partial charge in [0.1, 0.15) is 0 Å². The van der Waals surface area contributed by atoms with Crippen molar-refractivity contribution in [1.82, 2.24) is 0 Å². The number of hydrogen-bond acceptors (Lipinski definition) is 3. The van der Waals surface area contributed by atoms with E-state index in [0.717, 1.165) is 0 Å². The second-order valence-electron chi connectivity index (χ2n) is 3.16. The summed E-state index contributed by atoms with van der Waals surface area (Å²) in [5.74, 6) is -0.606. The first kappa shape index (κ1) is 13.7. The molecule has 0 saturated carbocycles. The van der Waals surface area contributed by atoms with Crippen molar-refractivity contribution >= 4 is 23.4 Å². The van der Waals surface area contributed by atoms with Gasteiger partial charge < -0.3 is 11.1 Å². The van der Waals surface area contributed by atoms with Crippen LogP contribution in [0.25, 0.3) is 0 Å². The van der Waals surface area contributed by atoms with Crippen molar-refractivity contribution in [2.45, 2.75) is 5.51 Å². The highest BCUT2D eigenvalue weighted by Crippen LogP contribution is 2.29. The van der Waals surface area contributed by atoms with Gasteiger partial charge in [-0.3, -0.25) is 4.79 Å². The van der Waals surface area contributed by atoms with E-state index in [0.29, 0.717) is 11.3 Å². The van der Waals surface area contributed by atoms with Gasteiger partial charge in [-0.2, -0.15) is 13.2 Å². The molecule has 0 heterocycles. The van der Waals surface area contributed by atoms with Crippen LogP contribution in [0.1, 0.15) is 10.4 Å². The van der Waals surface area contributed by atoms with Crippen LogP contribution in [-0.2, 0) is 0 Å². The quantitative estimate of drug-likeness (QED) is 0.803. The van der Waals surface area contributed by atoms with E-state index < -0.39 is 11.4 Å². The summed E-state index contributed by atoms with van der Waals surface area (Å²) in [6.07, 6.45) is 0. The highest BCUT2D eigenvalue weighted by atomic mass is 32.2. The number of amides is 1. The average Bonchev–Trinajstić information content (AvgIpc) is 2.24. The van der Waals surface area contributed by atoms with Gasteiger partial charge in [-0.15, -0.1) is 0 Å². The molecule has 0 unspecified atom stereocenters. The topological polar surface area (TPSA) is 55.1 Å². The fourth-order valence-electron chi connectivity index (χ4n) is 1.11. The molecule has 0 bridgehead atoms. The Morgan fingerprint density at radius 3 is 2.35 bits per heavy atom. The average molecular weight is 264 g/mol. The number of alkyl halides is 3. The lowest BCUT2D eigenvalue weighted by Crippen LogP contribution is -2.11. The summed E-state index contributed by atoms with van der Waals surface area (Å²) >= 11 is -0.0758. The van der Waals surface area contributed by atoms with E-state index in [-0.39, 0.29) is 24.1 Å². The van der Waals surface area contributed by atoms with Crippen molar-refractivity contribution in [3.05, 3.63) is 29.8 Å². The Bertz CT molecular complexity index is 378. The maximum atomic E-state index is 11.8. The second-order valence-corrected chi connectivity index (χ2v) is 4.32. The van der Waals surface area contributed by atoms with E-state index in [1.807, 2.05) is 0 Å². The van der Waals surface area contributed by atoms with Crippen molar-refractivity contribution in [1.29, 1.82) is 0 Å². The maximum Gasteiger partial charge on any atom is 0.441 e. The molecule has 0 fully saturated rings. The van der Waals surface area contributed by atoms with Crippen LogP contribution in [0.15, 0.2) is 24.3 Å². The van der Waals surface area contributed by atoms with Gasteiger partial charge in [-0.1, -0.05) is 0 Å². The highest BCUT2D eigenvalue weighted by Gasteiger charge is 2.27. The molecule has 0 saturated heterocycles. The van der Waals surface area contributed by atoms with Gasteiger partial charge in [-0.05, 0) is 36.0 Å². The molecule has 0 aliphatic rings. The summed E-state index contributed by atoms with van der Waals surface area (Å²) in [5, 5.41) is 2.81. The zero-order valence-electron chi connectivity index (χ0n) is 8.75. The number of primary amides is 1. The molecule has 1 rings (SSSR count). The first-order valence-corrected chi connectivity index (χ1v) is 5.71. The third-order valence-corrected chi connectivity index (χ3v) is 2.60. The van der Waals surface area contributed by atoms with Gasteiger partial charge in [0.2, 0.25) is 5.91 Å². The lowest BCUT2D eigenvalue weighted by atomic mass is 10.2. The van der Waals surface area contributed by atoms with Gasteiger partial charge in [0, 0.05) is 23.5 Å². The number of nitrogens with two attached hydrogens (primary N) is 1. The predicted octanol–water partition coefficient (Wildman–Crippen LogP) is 2.45. The largest absolute Gasteiger partial charge is 0.441 e. The fraction of sp³-hybridized carbons (Fsp3) is 0.300. The predicted molar refractivity (Wildman–Crippen MR) is 62.0 cm³/mol. The van der Waals surface area contributed by atoms with Crippen LogP contribution in [0.4, 0.5) is 18.9 Å². The molecular weight excluding hydrogens is 253 g/mol. The smallest absolute Gasteiger partial charge is 0.384 e. The molecule has 3 nitrogen and oxygen atoms in total. The minimum Gasteiger partial charge on any atom is -0.384 e. The molecule has 1 amide bonds. The Hall–Kier alpha value is -1.37. The highest BCUT2D eigenvalue weighted by molar-refractivity contribution is 8.00. The first-order valence-electron chi connectivity index (χ1n) is 4.73. The lowest BCUT2D eigenvalue weighted by molar-refractivity contribution is -0.0327. The van der Waals surface area contributed by atoms with Gasteiger partial charge in [-0.25, -0.2) is 0 Å². The van der Waals surface area contributed by atoms with Gasteiger partial charge in [0.05, 0.1) is 0 Å². The van der Waals surface area contributed by atoms with E-state index in [1.165, 1.54) is 12.1 Å². The van der Waals surface area contributed by atoms with Gasteiger partial charge >= 0.3 is 5.51 Å². The molecule has 1 aromatic carbocycles. The number of carbonyl (C=O) groups excluding carboxylic acids is 1. The third kappa shape index (κ3) is 5.48. The number of halogens is 3. The monoisotopic (exact) mass is 264 g/mol. The van der Waals surface area contributed by atoms with E-state index >= 15 is 0 Å². The zero-order valence-corrected chi connectivity index (χ0v) is 9.57. The van der Waals surface area contributed by atoms with Crippen molar-refractivity contribution in [3.8, 4) is 0 Å². The standard InChI is InChI=1S/C10H11F3N2OS/c11-10(12,13)17-6-5-15-8-3-1-7(2-4-8)9(14)16/h1-4,15H,5-6H2,(H2,14,16). The fourth-order valence-corrected chi connectivity index (χ4v) is 1.55. The minimum absolute atomic E-state index is 0.0684. The summed E-state index contributed by atoms with van der Waals surface area (Å²) in [5.41, 5.74) is 1.86. The van der Waals surface area contributed by atoms with Crippen molar-refractivity contribution in [2.75, 3.05) is 17.6 Å². The van der Waals surface area contributed by atoms with E-state index in [2.05, 4.69) is 5.32 Å². The summed E-state index contributed by atoms with van der Waals surface area (Å²) in [6, 6.07) is 6.22. The Morgan fingerprint density at radius 1 is 1.29 bits per heavy atom. The number of rotatable bonds is 5. The second kappa shape index (κ2) is 5.81. The van der Waals surface area contributed by atoms with Crippen molar-refractivity contribution in [3.63, 3.8) is 0 Å². The summed E-state index contributed by atoms with van der Waals surface area (Å²) in [6.45, 7) is 0.195.